The number of ether oxygens (including phenoxy) is 2. The number of aromatic amines is 1. The minimum absolute atomic E-state index is 0.0179. The van der Waals surface area contributed by atoms with Crippen molar-refractivity contribution in [1.29, 1.82) is 0 Å². The van der Waals surface area contributed by atoms with Gasteiger partial charge in [-0.15, -0.1) is 0 Å². The molecule has 2 N–H and O–H groups in total. The van der Waals surface area contributed by atoms with E-state index >= 15 is 0 Å². The standard InChI is InChI=1S/C16H26N2O6Si/c1-15(2,3)25(4,5)24-12-11-13(23-16(12,8-19)9-22-11)18-7-6-10(20)17-14(18)21/h6-7,11-13,19H,8-9H2,1-5H3,(H,17,20,21)/t11-,12+,13-,16+/m1/s1. The SMILES string of the molecule is CC(C)(C)[Si](C)(C)O[C@H]1[C@H]2OC[C@]1(CO)O[C@H]2n1ccc(=O)[nH]c1=O. The Kier molecular flexibility index (Phi) is 4.36. The average molecular weight is 370 g/mol. The number of nitrogens with one attached hydrogen (secondary N) is 1. The summed E-state index contributed by atoms with van der Waals surface area (Å²) in [5.74, 6) is 0. The Balaban J connectivity index is 1.95. The predicted molar refractivity (Wildman–Crippen MR) is 93.1 cm³/mol. The van der Waals surface area contributed by atoms with Crippen LogP contribution in [0.1, 0.15) is 27.0 Å². The van der Waals surface area contributed by atoms with E-state index in [1.165, 1.54) is 16.8 Å². The maximum absolute atomic E-state index is 12.1. The number of H-pyrrole nitrogens is 1. The first-order valence-electron chi connectivity index (χ1n) is 8.40. The summed E-state index contributed by atoms with van der Waals surface area (Å²) in [6.07, 6.45) is -0.364. The number of aromatic nitrogens is 2. The van der Waals surface area contributed by atoms with E-state index in [1.807, 2.05) is 0 Å². The fourth-order valence-corrected chi connectivity index (χ4v) is 4.37. The van der Waals surface area contributed by atoms with Gasteiger partial charge in [-0.3, -0.25) is 14.3 Å². The third-order valence-corrected chi connectivity index (χ3v) is 10.0. The van der Waals surface area contributed by atoms with Crippen LogP contribution in [-0.4, -0.2) is 54.0 Å². The Morgan fingerprint density at radius 3 is 2.68 bits per heavy atom. The summed E-state index contributed by atoms with van der Waals surface area (Å²) < 4.78 is 19.7. The zero-order valence-corrected chi connectivity index (χ0v) is 16.2. The Bertz CT molecular complexity index is 767. The van der Waals surface area contributed by atoms with Gasteiger partial charge in [0.05, 0.1) is 13.2 Å². The molecule has 140 valence electrons. The Labute approximate surface area is 146 Å². The summed E-state index contributed by atoms with van der Waals surface area (Å²) in [4.78, 5) is 25.6. The van der Waals surface area contributed by atoms with Gasteiger partial charge in [-0.25, -0.2) is 4.79 Å². The molecule has 2 bridgehead atoms. The van der Waals surface area contributed by atoms with E-state index < -0.39 is 43.6 Å². The molecule has 2 aliphatic heterocycles. The van der Waals surface area contributed by atoms with Gasteiger partial charge in [0.2, 0.25) is 0 Å². The first-order chi connectivity index (χ1) is 11.5. The Morgan fingerprint density at radius 1 is 1.44 bits per heavy atom. The van der Waals surface area contributed by atoms with E-state index in [4.69, 9.17) is 13.9 Å². The number of nitrogens with zero attached hydrogens (tertiary/aromatic N) is 1. The van der Waals surface area contributed by atoms with Gasteiger partial charge in [0.1, 0.15) is 17.8 Å². The summed E-state index contributed by atoms with van der Waals surface area (Å²) >= 11 is 0. The van der Waals surface area contributed by atoms with Crippen LogP contribution < -0.4 is 11.2 Å². The molecule has 9 heteroatoms. The average Bonchev–Trinajstić information content (AvgIpc) is 2.98. The quantitative estimate of drug-likeness (QED) is 0.752. The highest BCUT2D eigenvalue weighted by Crippen LogP contribution is 2.49. The zero-order chi connectivity index (χ0) is 18.6. The topological polar surface area (TPSA) is 103 Å². The molecule has 2 aliphatic rings. The van der Waals surface area contributed by atoms with E-state index in [1.54, 1.807) is 0 Å². The summed E-state index contributed by atoms with van der Waals surface area (Å²) in [7, 11) is -2.15. The molecule has 25 heavy (non-hydrogen) atoms. The first-order valence-corrected chi connectivity index (χ1v) is 11.3. The fourth-order valence-electron chi connectivity index (χ4n) is 3.03. The van der Waals surface area contributed by atoms with Gasteiger partial charge < -0.3 is 19.0 Å². The van der Waals surface area contributed by atoms with Crippen LogP contribution in [0.3, 0.4) is 0 Å². The van der Waals surface area contributed by atoms with Crippen LogP contribution >= 0.6 is 0 Å². The molecule has 3 heterocycles. The molecule has 0 spiro atoms. The lowest BCUT2D eigenvalue weighted by Crippen LogP contribution is -2.52. The van der Waals surface area contributed by atoms with Crippen molar-refractivity contribution >= 4 is 8.32 Å². The van der Waals surface area contributed by atoms with Crippen molar-refractivity contribution in [3.8, 4) is 0 Å². The van der Waals surface area contributed by atoms with Gasteiger partial charge >= 0.3 is 5.69 Å². The van der Waals surface area contributed by atoms with Crippen molar-refractivity contribution in [2.45, 2.75) is 62.9 Å². The molecule has 0 aromatic carbocycles. The van der Waals surface area contributed by atoms with E-state index in [0.717, 1.165) is 0 Å². The third-order valence-electron chi connectivity index (χ3n) is 5.59. The molecule has 0 radical (unpaired) electrons. The van der Waals surface area contributed by atoms with Crippen LogP contribution in [0.5, 0.6) is 0 Å². The number of hydrogen-bond donors (Lipinski definition) is 2. The number of aliphatic hydroxyl groups is 1. The monoisotopic (exact) mass is 370 g/mol. The molecule has 0 aliphatic carbocycles. The Morgan fingerprint density at radius 2 is 2.12 bits per heavy atom. The van der Waals surface area contributed by atoms with Crippen molar-refractivity contribution in [2.75, 3.05) is 13.2 Å². The maximum atomic E-state index is 12.1. The summed E-state index contributed by atoms with van der Waals surface area (Å²) in [6, 6.07) is 1.26. The van der Waals surface area contributed by atoms with Crippen LogP contribution in [-0.2, 0) is 13.9 Å². The molecule has 0 amide bonds. The van der Waals surface area contributed by atoms with Gasteiger partial charge in [0.25, 0.3) is 5.56 Å². The molecule has 1 aromatic heterocycles. The van der Waals surface area contributed by atoms with Crippen molar-refractivity contribution in [2.24, 2.45) is 0 Å². The van der Waals surface area contributed by atoms with E-state index in [9.17, 15) is 14.7 Å². The lowest BCUT2D eigenvalue weighted by Gasteiger charge is -2.40. The normalized spacial score (nSPS) is 32.3. The van der Waals surface area contributed by atoms with E-state index in [2.05, 4.69) is 38.8 Å². The van der Waals surface area contributed by atoms with Gasteiger partial charge in [-0.1, -0.05) is 20.8 Å². The second-order valence-corrected chi connectivity index (χ2v) is 13.1. The highest BCUT2D eigenvalue weighted by Gasteiger charge is 2.64. The lowest BCUT2D eigenvalue weighted by atomic mass is 10.0. The minimum Gasteiger partial charge on any atom is -0.408 e. The van der Waals surface area contributed by atoms with Crippen molar-refractivity contribution in [1.82, 2.24) is 9.55 Å². The lowest BCUT2D eigenvalue weighted by molar-refractivity contribution is -0.187. The molecule has 8 nitrogen and oxygen atoms in total. The van der Waals surface area contributed by atoms with Crippen LogP contribution in [0.2, 0.25) is 18.1 Å². The summed E-state index contributed by atoms with van der Waals surface area (Å²) in [5.41, 5.74) is -2.05. The molecule has 0 saturated carbocycles. The fraction of sp³-hybridized carbons (Fsp3) is 0.750. The molecule has 2 saturated heterocycles. The molecule has 3 rings (SSSR count). The second kappa shape index (κ2) is 5.88. The second-order valence-electron chi connectivity index (χ2n) is 8.32. The summed E-state index contributed by atoms with van der Waals surface area (Å²) in [6.45, 7) is 10.6. The molecule has 2 fully saturated rings. The predicted octanol–water partition coefficient (Wildman–Crippen LogP) is 0.586. The number of fused-ring (bicyclic) bond motifs is 2. The van der Waals surface area contributed by atoms with Crippen LogP contribution in [0.25, 0.3) is 0 Å². The minimum atomic E-state index is -2.15. The molecule has 1 aromatic rings. The molecule has 0 unspecified atom stereocenters. The van der Waals surface area contributed by atoms with Gasteiger partial charge in [0, 0.05) is 12.3 Å². The van der Waals surface area contributed by atoms with Gasteiger partial charge in [-0.05, 0) is 18.1 Å². The number of hydrogen-bond acceptors (Lipinski definition) is 6. The molecular formula is C16H26N2O6Si. The van der Waals surface area contributed by atoms with Crippen LogP contribution in [0.4, 0.5) is 0 Å². The summed E-state index contributed by atoms with van der Waals surface area (Å²) in [5, 5.41) is 9.96. The smallest absolute Gasteiger partial charge is 0.330 e. The number of aliphatic hydroxyl groups excluding tert-OH is 1. The van der Waals surface area contributed by atoms with Crippen molar-refractivity contribution in [3.63, 3.8) is 0 Å². The van der Waals surface area contributed by atoms with E-state index in [-0.39, 0.29) is 18.3 Å². The van der Waals surface area contributed by atoms with Crippen molar-refractivity contribution < 1.29 is 19.0 Å². The molecular weight excluding hydrogens is 344 g/mol. The van der Waals surface area contributed by atoms with Gasteiger partial charge in [-0.2, -0.15) is 0 Å². The van der Waals surface area contributed by atoms with Crippen molar-refractivity contribution in [3.05, 3.63) is 33.1 Å². The zero-order valence-electron chi connectivity index (χ0n) is 15.2. The largest absolute Gasteiger partial charge is 0.408 e. The van der Waals surface area contributed by atoms with Crippen LogP contribution in [0.15, 0.2) is 21.9 Å². The number of rotatable bonds is 4. The highest BCUT2D eigenvalue weighted by atomic mass is 28.4. The maximum Gasteiger partial charge on any atom is 0.330 e. The van der Waals surface area contributed by atoms with Crippen LogP contribution in [0, 0.1) is 0 Å². The third kappa shape index (κ3) is 2.93. The first kappa shape index (κ1) is 18.5. The molecule has 4 atom stereocenters. The highest BCUT2D eigenvalue weighted by molar-refractivity contribution is 6.74. The Hall–Kier alpha value is -1.26. The van der Waals surface area contributed by atoms with Gasteiger partial charge in [0.15, 0.2) is 14.5 Å². The van der Waals surface area contributed by atoms with E-state index in [0.29, 0.717) is 0 Å².